The number of thioether (sulfide) groups is 1. The predicted molar refractivity (Wildman–Crippen MR) is 149 cm³/mol. The molecule has 2 aromatic carbocycles. The van der Waals surface area contributed by atoms with Crippen molar-refractivity contribution in [1.29, 1.82) is 5.26 Å². The van der Waals surface area contributed by atoms with Gasteiger partial charge in [0, 0.05) is 22.6 Å². The van der Waals surface area contributed by atoms with E-state index in [2.05, 4.69) is 22.0 Å². The fourth-order valence-corrected chi connectivity index (χ4v) is 4.96. The molecule has 3 N–H and O–H groups in total. The molecule has 1 aromatic heterocycles. The van der Waals surface area contributed by atoms with E-state index >= 15 is 0 Å². The van der Waals surface area contributed by atoms with E-state index in [-0.39, 0.29) is 23.0 Å². The average Bonchev–Trinajstić information content (AvgIpc) is 3.47. The average molecular weight is 543 g/mol. The Labute approximate surface area is 229 Å². The number of carbonyl (C=O) groups is 3. The molecule has 2 amide bonds. The molecule has 10 heteroatoms. The largest absolute Gasteiger partial charge is 0.497 e. The molecule has 39 heavy (non-hydrogen) atoms. The topological polar surface area (TPSA) is 133 Å². The Balaban J connectivity index is 1.53. The zero-order chi connectivity index (χ0) is 27.9. The minimum Gasteiger partial charge on any atom is -0.497 e. The fourth-order valence-electron chi connectivity index (χ4n) is 4.06. The van der Waals surface area contributed by atoms with Gasteiger partial charge in [-0.25, -0.2) is 0 Å². The molecule has 0 spiro atoms. The van der Waals surface area contributed by atoms with Gasteiger partial charge in [-0.15, -0.1) is 0 Å². The summed E-state index contributed by atoms with van der Waals surface area (Å²) in [6.07, 6.45) is 1.48. The van der Waals surface area contributed by atoms with Gasteiger partial charge in [0.1, 0.15) is 11.5 Å². The second kappa shape index (κ2) is 12.2. The first-order chi connectivity index (χ1) is 18.8. The van der Waals surface area contributed by atoms with Gasteiger partial charge in [-0.2, -0.15) is 5.26 Å². The third-order valence-corrected chi connectivity index (χ3v) is 7.01. The number of ether oxygens (including phenoxy) is 1. The first-order valence-corrected chi connectivity index (χ1v) is 12.9. The second-order valence-electron chi connectivity index (χ2n) is 8.62. The number of ketones is 1. The van der Waals surface area contributed by atoms with Crippen molar-refractivity contribution < 1.29 is 23.5 Å². The summed E-state index contributed by atoms with van der Waals surface area (Å²) >= 11 is 1.15. The number of nitrogens with zero attached hydrogens (tertiary/aromatic N) is 1. The Bertz CT molecular complexity index is 1480. The summed E-state index contributed by atoms with van der Waals surface area (Å²) in [6, 6.07) is 19.1. The summed E-state index contributed by atoms with van der Waals surface area (Å²) in [5.74, 6) is -0.418. The number of hydrogen-bond acceptors (Lipinski definition) is 8. The Morgan fingerprint density at radius 3 is 2.31 bits per heavy atom. The number of amides is 2. The molecule has 0 radical (unpaired) electrons. The molecule has 0 saturated heterocycles. The van der Waals surface area contributed by atoms with Crippen LogP contribution in [-0.2, 0) is 9.59 Å². The van der Waals surface area contributed by atoms with Gasteiger partial charge in [0.25, 0.3) is 5.91 Å². The van der Waals surface area contributed by atoms with E-state index in [1.54, 1.807) is 74.7 Å². The first-order valence-electron chi connectivity index (χ1n) is 11.9. The molecule has 1 atom stereocenters. The van der Waals surface area contributed by atoms with Crippen molar-refractivity contribution in [3.8, 4) is 11.8 Å². The monoisotopic (exact) mass is 542 g/mol. The zero-order valence-electron chi connectivity index (χ0n) is 21.5. The fraction of sp³-hybridized carbons (Fsp3) is 0.172. The van der Waals surface area contributed by atoms with Crippen LogP contribution in [0.5, 0.6) is 5.75 Å². The van der Waals surface area contributed by atoms with Crippen LogP contribution in [0.4, 0.5) is 11.4 Å². The van der Waals surface area contributed by atoms with Gasteiger partial charge in [0.05, 0.1) is 47.3 Å². The molecule has 1 aliphatic rings. The third-order valence-electron chi connectivity index (χ3n) is 5.99. The number of carbonyl (C=O) groups excluding carboxylic acids is 3. The van der Waals surface area contributed by atoms with E-state index < -0.39 is 11.8 Å². The maximum absolute atomic E-state index is 13.4. The summed E-state index contributed by atoms with van der Waals surface area (Å²) in [4.78, 5) is 37.5. The molecular formula is C29H26N4O5S. The summed E-state index contributed by atoms with van der Waals surface area (Å²) < 4.78 is 10.8. The number of hydrogen-bond donors (Lipinski definition) is 3. The van der Waals surface area contributed by atoms with E-state index in [1.807, 2.05) is 0 Å². The van der Waals surface area contributed by atoms with Crippen molar-refractivity contribution in [3.63, 3.8) is 0 Å². The van der Waals surface area contributed by atoms with Crippen LogP contribution < -0.4 is 20.7 Å². The summed E-state index contributed by atoms with van der Waals surface area (Å²) in [5, 5.41) is 19.4. The highest BCUT2D eigenvalue weighted by atomic mass is 32.2. The number of dihydropyridines is 1. The van der Waals surface area contributed by atoms with Gasteiger partial charge >= 0.3 is 0 Å². The molecule has 9 nitrogen and oxygen atoms in total. The minimum absolute atomic E-state index is 0.00745. The van der Waals surface area contributed by atoms with Gasteiger partial charge in [0.2, 0.25) is 5.91 Å². The van der Waals surface area contributed by atoms with Crippen molar-refractivity contribution in [2.75, 3.05) is 23.5 Å². The lowest BCUT2D eigenvalue weighted by Gasteiger charge is -2.28. The molecule has 1 aliphatic heterocycles. The summed E-state index contributed by atoms with van der Waals surface area (Å²) in [6.45, 7) is 3.21. The molecule has 0 saturated carbocycles. The van der Waals surface area contributed by atoms with Gasteiger partial charge in [-0.05, 0) is 74.5 Å². The van der Waals surface area contributed by atoms with Crippen LogP contribution in [0, 0.1) is 11.3 Å². The zero-order valence-corrected chi connectivity index (χ0v) is 22.3. The lowest BCUT2D eigenvalue weighted by Crippen LogP contribution is -2.31. The van der Waals surface area contributed by atoms with Gasteiger partial charge < -0.3 is 25.1 Å². The maximum Gasteiger partial charge on any atom is 0.254 e. The Hall–Kier alpha value is -4.75. The smallest absolute Gasteiger partial charge is 0.254 e. The van der Waals surface area contributed by atoms with Crippen molar-refractivity contribution >= 4 is 40.7 Å². The molecule has 0 bridgehead atoms. The van der Waals surface area contributed by atoms with Crippen LogP contribution in [0.15, 0.2) is 93.2 Å². The van der Waals surface area contributed by atoms with Gasteiger partial charge in [0.15, 0.2) is 5.78 Å². The Morgan fingerprint density at radius 2 is 1.72 bits per heavy atom. The molecule has 3 aromatic rings. The van der Waals surface area contributed by atoms with E-state index in [1.165, 1.54) is 13.2 Å². The Kier molecular flexibility index (Phi) is 8.53. The number of Topliss-reactive ketones (excluding diaryl/α,β-unsaturated/α-hetero) is 1. The summed E-state index contributed by atoms with van der Waals surface area (Å²) in [7, 11) is 1.56. The number of anilines is 2. The molecule has 4 rings (SSSR count). The van der Waals surface area contributed by atoms with E-state index in [0.29, 0.717) is 44.7 Å². The number of nitrogens with one attached hydrogen (secondary N) is 3. The molecule has 1 unspecified atom stereocenters. The molecule has 2 heterocycles. The number of allylic oxidation sites excluding steroid dienone is 2. The van der Waals surface area contributed by atoms with E-state index in [9.17, 15) is 19.6 Å². The van der Waals surface area contributed by atoms with Crippen LogP contribution >= 0.6 is 11.8 Å². The molecule has 0 fully saturated rings. The molecule has 0 aliphatic carbocycles. The van der Waals surface area contributed by atoms with Crippen molar-refractivity contribution in [2.45, 2.75) is 19.8 Å². The molecular weight excluding hydrogens is 516 g/mol. The molecule has 198 valence electrons. The van der Waals surface area contributed by atoms with Crippen LogP contribution in [0.2, 0.25) is 0 Å². The summed E-state index contributed by atoms with van der Waals surface area (Å²) in [5.41, 5.74) is 2.80. The highest BCUT2D eigenvalue weighted by Crippen LogP contribution is 2.41. The van der Waals surface area contributed by atoms with Gasteiger partial charge in [-0.1, -0.05) is 11.8 Å². The number of rotatable bonds is 9. The predicted octanol–water partition coefficient (Wildman–Crippen LogP) is 5.20. The number of methoxy groups -OCH3 is 1. The van der Waals surface area contributed by atoms with E-state index in [0.717, 1.165) is 11.8 Å². The minimum atomic E-state index is -0.769. The van der Waals surface area contributed by atoms with Crippen LogP contribution in [0.1, 0.15) is 35.9 Å². The lowest BCUT2D eigenvalue weighted by atomic mass is 9.85. The van der Waals surface area contributed by atoms with Gasteiger partial charge in [-0.3, -0.25) is 14.4 Å². The third kappa shape index (κ3) is 6.40. The lowest BCUT2D eigenvalue weighted by molar-refractivity contribution is -0.114. The van der Waals surface area contributed by atoms with Crippen molar-refractivity contribution in [2.24, 2.45) is 0 Å². The number of benzene rings is 2. The van der Waals surface area contributed by atoms with Crippen LogP contribution in [0.25, 0.3) is 0 Å². The number of nitriles is 1. The second-order valence-corrected chi connectivity index (χ2v) is 9.61. The standard InChI is InChI=1S/C29H26N4O5S/c1-17-26(28(36)33-21-10-12-22(37-3)13-11-21)27(24-5-4-14-38-24)23(15-30)29(31-17)39-16-25(35)32-20-8-6-19(7-9-20)18(2)34/h4-14,27,31H,16H2,1-3H3,(H,32,35)(H,33,36). The SMILES string of the molecule is COc1ccc(NC(=O)C2=C(C)NC(SCC(=O)Nc3ccc(C(C)=O)cc3)=C(C#N)C2c2ccco2)cc1. The highest BCUT2D eigenvalue weighted by Gasteiger charge is 2.36. The highest BCUT2D eigenvalue weighted by molar-refractivity contribution is 8.03. The van der Waals surface area contributed by atoms with Crippen molar-refractivity contribution in [3.05, 3.63) is 100 Å². The van der Waals surface area contributed by atoms with Crippen molar-refractivity contribution in [1.82, 2.24) is 5.32 Å². The number of furan rings is 1. The first kappa shape index (κ1) is 27.3. The quantitative estimate of drug-likeness (QED) is 0.314. The maximum atomic E-state index is 13.4. The Morgan fingerprint density at radius 1 is 1.05 bits per heavy atom. The van der Waals surface area contributed by atoms with Crippen LogP contribution in [0.3, 0.4) is 0 Å². The van der Waals surface area contributed by atoms with E-state index in [4.69, 9.17) is 9.15 Å². The normalized spacial score (nSPS) is 14.8. The van der Waals surface area contributed by atoms with Crippen LogP contribution in [-0.4, -0.2) is 30.5 Å².